The minimum absolute atomic E-state index is 1.11. The number of rotatable bonds is 7. The van der Waals surface area contributed by atoms with Crippen LogP contribution in [0.1, 0.15) is 0 Å². The molecule has 10 aromatic carbocycles. The zero-order valence-electron chi connectivity index (χ0n) is 31.7. The summed E-state index contributed by atoms with van der Waals surface area (Å²) in [6.45, 7) is 0. The Kier molecular flexibility index (Phi) is 8.42. The molecule has 1 aromatic heterocycles. The topological polar surface area (TPSA) is 3.24 Å². The maximum absolute atomic E-state index is 2.41. The lowest BCUT2D eigenvalue weighted by Crippen LogP contribution is -2.09. The van der Waals surface area contributed by atoms with Gasteiger partial charge in [-0.05, 0) is 115 Å². The van der Waals surface area contributed by atoms with E-state index in [-0.39, 0.29) is 0 Å². The fourth-order valence-corrected chi connectivity index (χ4v) is 9.88. The first-order valence-corrected chi connectivity index (χ1v) is 20.7. The first-order valence-electron chi connectivity index (χ1n) is 19.8. The van der Waals surface area contributed by atoms with Crippen LogP contribution in [0.4, 0.5) is 17.1 Å². The van der Waals surface area contributed by atoms with Crippen molar-refractivity contribution in [3.63, 3.8) is 0 Å². The molecule has 0 saturated heterocycles. The molecule has 2 heteroatoms. The van der Waals surface area contributed by atoms with Crippen LogP contribution in [-0.4, -0.2) is 0 Å². The summed E-state index contributed by atoms with van der Waals surface area (Å²) in [5.41, 5.74) is 13.1. The van der Waals surface area contributed by atoms with E-state index in [1.165, 1.54) is 86.2 Å². The van der Waals surface area contributed by atoms with Crippen molar-refractivity contribution < 1.29 is 0 Å². The fourth-order valence-electron chi connectivity index (χ4n) is 8.74. The Balaban J connectivity index is 1.10. The highest BCUT2D eigenvalue weighted by Gasteiger charge is 2.20. The Morgan fingerprint density at radius 3 is 1.43 bits per heavy atom. The van der Waals surface area contributed by atoms with E-state index < -0.39 is 0 Å². The van der Waals surface area contributed by atoms with Gasteiger partial charge in [-0.15, -0.1) is 11.3 Å². The summed E-state index contributed by atoms with van der Waals surface area (Å²) in [5, 5.41) is 7.63. The first-order chi connectivity index (χ1) is 28.8. The van der Waals surface area contributed by atoms with Crippen molar-refractivity contribution >= 4 is 70.1 Å². The van der Waals surface area contributed by atoms with Gasteiger partial charge in [-0.25, -0.2) is 0 Å². The number of benzene rings is 10. The Labute approximate surface area is 342 Å². The Morgan fingerprint density at radius 2 is 0.707 bits per heavy atom. The van der Waals surface area contributed by atoms with Crippen LogP contribution in [-0.2, 0) is 0 Å². The van der Waals surface area contributed by atoms with Gasteiger partial charge in [0.05, 0.1) is 0 Å². The highest BCUT2D eigenvalue weighted by atomic mass is 32.1. The van der Waals surface area contributed by atoms with E-state index in [4.69, 9.17) is 0 Å². The molecule has 0 fully saturated rings. The third-order valence-electron chi connectivity index (χ3n) is 11.4. The van der Waals surface area contributed by atoms with Crippen LogP contribution in [0.2, 0.25) is 0 Å². The molecule has 11 rings (SSSR count). The zero-order chi connectivity index (χ0) is 38.4. The van der Waals surface area contributed by atoms with E-state index in [2.05, 4.69) is 229 Å². The van der Waals surface area contributed by atoms with Crippen molar-refractivity contribution in [1.29, 1.82) is 0 Å². The van der Waals surface area contributed by atoms with Gasteiger partial charge in [0.2, 0.25) is 0 Å². The normalized spacial score (nSPS) is 11.4. The number of fused-ring (bicyclic) bond motifs is 6. The highest BCUT2D eigenvalue weighted by Crippen LogP contribution is 2.46. The summed E-state index contributed by atoms with van der Waals surface area (Å²) in [5.74, 6) is 0. The minimum atomic E-state index is 1.11. The maximum atomic E-state index is 2.41. The molecule has 11 aromatic rings. The summed E-state index contributed by atoms with van der Waals surface area (Å²) in [4.78, 5) is 2.40. The van der Waals surface area contributed by atoms with Crippen LogP contribution >= 0.6 is 11.3 Å². The number of nitrogens with zero attached hydrogens (tertiary/aromatic N) is 1. The largest absolute Gasteiger partial charge is 0.310 e. The van der Waals surface area contributed by atoms with Gasteiger partial charge in [0.25, 0.3) is 0 Å². The van der Waals surface area contributed by atoms with E-state index in [0.29, 0.717) is 0 Å². The van der Waals surface area contributed by atoms with Crippen molar-refractivity contribution in [2.75, 3.05) is 4.90 Å². The van der Waals surface area contributed by atoms with Gasteiger partial charge in [-0.1, -0.05) is 176 Å². The minimum Gasteiger partial charge on any atom is -0.310 e. The molecular weight excluding hydrogens is 719 g/mol. The van der Waals surface area contributed by atoms with E-state index in [9.17, 15) is 0 Å². The van der Waals surface area contributed by atoms with E-state index in [1.54, 1.807) is 0 Å². The summed E-state index contributed by atoms with van der Waals surface area (Å²) < 4.78 is 2.59. The van der Waals surface area contributed by atoms with Crippen molar-refractivity contribution in [3.05, 3.63) is 224 Å². The van der Waals surface area contributed by atoms with Crippen LogP contribution < -0.4 is 4.90 Å². The first kappa shape index (κ1) is 34.0. The second-order valence-electron chi connectivity index (χ2n) is 14.9. The molecule has 58 heavy (non-hydrogen) atoms. The Morgan fingerprint density at radius 1 is 0.241 bits per heavy atom. The number of anilines is 3. The van der Waals surface area contributed by atoms with Gasteiger partial charge in [-0.2, -0.15) is 0 Å². The summed E-state index contributed by atoms with van der Waals surface area (Å²) >= 11 is 1.86. The number of hydrogen-bond donors (Lipinski definition) is 0. The highest BCUT2D eigenvalue weighted by molar-refractivity contribution is 7.25. The molecule has 0 saturated carbocycles. The van der Waals surface area contributed by atoms with Crippen LogP contribution in [0.15, 0.2) is 224 Å². The third-order valence-corrected chi connectivity index (χ3v) is 12.6. The molecule has 0 N–H and O–H groups in total. The third kappa shape index (κ3) is 5.94. The van der Waals surface area contributed by atoms with E-state index in [0.717, 1.165) is 17.1 Å². The lowest BCUT2D eigenvalue weighted by atomic mass is 9.84. The number of thiophene rings is 1. The van der Waals surface area contributed by atoms with Crippen LogP contribution in [0.3, 0.4) is 0 Å². The predicted molar refractivity (Wildman–Crippen MR) is 251 cm³/mol. The summed E-state index contributed by atoms with van der Waals surface area (Å²) in [6, 6.07) is 81.9. The van der Waals surface area contributed by atoms with Gasteiger partial charge in [0.1, 0.15) is 0 Å². The lowest BCUT2D eigenvalue weighted by molar-refractivity contribution is 1.29. The standard InChI is InChI=1S/C56H37NS/c1-4-15-38(16-5-1)39-27-30-44(31-28-39)57(46-32-34-50-49-24-12-13-26-53(49)58-54(50)37-46)45-22-14-21-42(35-45)43-29-33-48-47-23-10-11-25-51(47)55(40-17-6-2-7-18-40)56(52(48)36-43)41-19-8-3-9-20-41/h1-37H. The lowest BCUT2D eigenvalue weighted by Gasteiger charge is -2.26. The molecule has 0 aliphatic carbocycles. The van der Waals surface area contributed by atoms with Crippen LogP contribution in [0.25, 0.3) is 86.2 Å². The Bertz CT molecular complexity index is 3260. The molecule has 0 spiro atoms. The molecular formula is C56H37NS. The molecule has 1 heterocycles. The smallest absolute Gasteiger partial charge is 0.0476 e. The van der Waals surface area contributed by atoms with Crippen LogP contribution in [0, 0.1) is 0 Å². The monoisotopic (exact) mass is 755 g/mol. The molecule has 0 bridgehead atoms. The fraction of sp³-hybridized carbons (Fsp3) is 0. The summed E-state index contributed by atoms with van der Waals surface area (Å²) in [6.07, 6.45) is 0. The van der Waals surface area contributed by atoms with Crippen LogP contribution in [0.5, 0.6) is 0 Å². The molecule has 0 aliphatic rings. The molecule has 0 aliphatic heterocycles. The second kappa shape index (κ2) is 14.4. The molecule has 0 unspecified atom stereocenters. The molecule has 272 valence electrons. The van der Waals surface area contributed by atoms with Crippen molar-refractivity contribution in [1.82, 2.24) is 0 Å². The van der Waals surface area contributed by atoms with Gasteiger partial charge in [0, 0.05) is 37.2 Å². The molecule has 0 amide bonds. The molecule has 1 nitrogen and oxygen atoms in total. The number of hydrogen-bond acceptors (Lipinski definition) is 2. The SMILES string of the molecule is c1ccc(-c2ccc(N(c3cccc(-c4ccc5c(c4)c(-c4ccccc4)c(-c4ccccc4)c4ccccc45)c3)c3ccc4c(c3)sc3ccccc34)cc2)cc1. The van der Waals surface area contributed by atoms with E-state index in [1.807, 2.05) is 11.3 Å². The van der Waals surface area contributed by atoms with Crippen molar-refractivity contribution in [2.24, 2.45) is 0 Å². The van der Waals surface area contributed by atoms with Gasteiger partial charge >= 0.3 is 0 Å². The predicted octanol–water partition coefficient (Wildman–Crippen LogP) is 16.5. The second-order valence-corrected chi connectivity index (χ2v) is 15.9. The van der Waals surface area contributed by atoms with Gasteiger partial charge in [-0.3, -0.25) is 0 Å². The maximum Gasteiger partial charge on any atom is 0.0476 e. The van der Waals surface area contributed by atoms with E-state index >= 15 is 0 Å². The van der Waals surface area contributed by atoms with Crippen molar-refractivity contribution in [2.45, 2.75) is 0 Å². The molecule has 0 radical (unpaired) electrons. The Hall–Kier alpha value is -7.26. The summed E-state index contributed by atoms with van der Waals surface area (Å²) in [7, 11) is 0. The van der Waals surface area contributed by atoms with Gasteiger partial charge in [0.15, 0.2) is 0 Å². The molecule has 0 atom stereocenters. The zero-order valence-corrected chi connectivity index (χ0v) is 32.5. The van der Waals surface area contributed by atoms with Crippen molar-refractivity contribution in [3.8, 4) is 44.5 Å². The van der Waals surface area contributed by atoms with Gasteiger partial charge < -0.3 is 4.90 Å². The quantitative estimate of drug-likeness (QED) is 0.146. The average Bonchev–Trinajstić information content (AvgIpc) is 3.68. The average molecular weight is 756 g/mol.